The fourth-order valence-corrected chi connectivity index (χ4v) is 2.98. The van der Waals surface area contributed by atoms with Gasteiger partial charge >= 0.3 is 0 Å². The van der Waals surface area contributed by atoms with Gasteiger partial charge < -0.3 is 5.32 Å². The lowest BCUT2D eigenvalue weighted by Gasteiger charge is -2.15. The molecule has 0 aliphatic rings. The van der Waals surface area contributed by atoms with Crippen LogP contribution in [0.4, 0.5) is 15.8 Å². The summed E-state index contributed by atoms with van der Waals surface area (Å²) in [5.41, 5.74) is 3.18. The third kappa shape index (κ3) is 3.02. The molecule has 0 radical (unpaired) electrons. The van der Waals surface area contributed by atoms with E-state index < -0.39 is 11.7 Å². The second-order valence-corrected chi connectivity index (χ2v) is 6.31. The van der Waals surface area contributed by atoms with E-state index in [0.717, 1.165) is 9.13 Å². The Morgan fingerprint density at radius 2 is 2.00 bits per heavy atom. The number of carbonyl (C=O) groups excluding carboxylic acids is 1. The minimum atomic E-state index is -0.841. The molecule has 2 aromatic carbocycles. The Bertz CT molecular complexity index is 949. The minimum Gasteiger partial charge on any atom is -0.352 e. The van der Waals surface area contributed by atoms with E-state index in [1.807, 2.05) is 19.1 Å². The van der Waals surface area contributed by atoms with Gasteiger partial charge in [0.2, 0.25) is 0 Å². The Balaban J connectivity index is 2.20. The van der Waals surface area contributed by atoms with Crippen molar-refractivity contribution in [3.8, 4) is 0 Å². The van der Waals surface area contributed by atoms with E-state index in [1.54, 1.807) is 6.07 Å². The average molecular weight is 438 g/mol. The molecule has 0 aliphatic carbocycles. The van der Waals surface area contributed by atoms with Gasteiger partial charge in [-0.25, -0.2) is 14.9 Å². The summed E-state index contributed by atoms with van der Waals surface area (Å²) in [6.07, 6.45) is 2.77. The minimum absolute atomic E-state index is 0.0395. The molecule has 1 amide bonds. The zero-order chi connectivity index (χ0) is 17.3. The number of hydroxylamine groups is 1. The lowest BCUT2D eigenvalue weighted by Crippen LogP contribution is -2.21. The van der Waals surface area contributed by atoms with Crippen LogP contribution in [0.3, 0.4) is 0 Å². The summed E-state index contributed by atoms with van der Waals surface area (Å²) in [5, 5.41) is 11.9. The normalized spacial score (nSPS) is 10.7. The molecule has 0 saturated heterocycles. The van der Waals surface area contributed by atoms with E-state index in [9.17, 15) is 9.18 Å². The maximum atomic E-state index is 14.9. The van der Waals surface area contributed by atoms with Crippen molar-refractivity contribution in [2.24, 2.45) is 0 Å². The van der Waals surface area contributed by atoms with E-state index in [-0.39, 0.29) is 22.3 Å². The highest BCUT2D eigenvalue weighted by molar-refractivity contribution is 14.1. The molecular formula is C16H12FIN4O2. The highest BCUT2D eigenvalue weighted by atomic mass is 127. The van der Waals surface area contributed by atoms with E-state index >= 15 is 0 Å². The first kappa shape index (κ1) is 16.5. The zero-order valence-corrected chi connectivity index (χ0v) is 14.6. The standard InChI is InChI=1S/C16H12FIN4O2/c1-8-6-9(18)2-3-11(8)21-14-10(16(23)22-24)7-12-15(13(14)17)20-5-4-19-12/h2-7,21,24H,1H3,(H,22,23). The van der Waals surface area contributed by atoms with Gasteiger partial charge in [0.05, 0.1) is 16.8 Å². The van der Waals surface area contributed by atoms with Gasteiger partial charge in [0.25, 0.3) is 5.91 Å². The van der Waals surface area contributed by atoms with Crippen LogP contribution in [0.25, 0.3) is 11.0 Å². The number of aryl methyl sites for hydroxylation is 1. The molecule has 122 valence electrons. The summed E-state index contributed by atoms with van der Waals surface area (Å²) in [7, 11) is 0. The molecule has 0 unspecified atom stereocenters. The van der Waals surface area contributed by atoms with Gasteiger partial charge in [0.1, 0.15) is 5.52 Å². The number of hydrogen-bond acceptors (Lipinski definition) is 5. The van der Waals surface area contributed by atoms with Crippen LogP contribution in [0.15, 0.2) is 36.7 Å². The highest BCUT2D eigenvalue weighted by Crippen LogP contribution is 2.31. The first-order chi connectivity index (χ1) is 11.5. The number of amides is 1. The van der Waals surface area contributed by atoms with Crippen molar-refractivity contribution in [3.63, 3.8) is 0 Å². The topological polar surface area (TPSA) is 87.1 Å². The lowest BCUT2D eigenvalue weighted by atomic mass is 10.1. The van der Waals surface area contributed by atoms with Gasteiger partial charge in [-0.15, -0.1) is 0 Å². The number of fused-ring (bicyclic) bond motifs is 1. The number of nitrogens with one attached hydrogen (secondary N) is 2. The Morgan fingerprint density at radius 3 is 2.71 bits per heavy atom. The van der Waals surface area contributed by atoms with Gasteiger partial charge in [0, 0.05) is 21.7 Å². The molecule has 0 fully saturated rings. The van der Waals surface area contributed by atoms with Gasteiger partial charge in [-0.1, -0.05) is 0 Å². The maximum Gasteiger partial charge on any atom is 0.276 e. The Labute approximate surface area is 150 Å². The summed E-state index contributed by atoms with van der Waals surface area (Å²) >= 11 is 2.18. The molecule has 1 heterocycles. The van der Waals surface area contributed by atoms with Crippen molar-refractivity contribution >= 4 is 50.9 Å². The van der Waals surface area contributed by atoms with Gasteiger partial charge in [-0.3, -0.25) is 15.0 Å². The molecule has 1 aromatic heterocycles. The summed E-state index contributed by atoms with van der Waals surface area (Å²) < 4.78 is 15.9. The summed E-state index contributed by atoms with van der Waals surface area (Å²) in [4.78, 5) is 19.9. The Morgan fingerprint density at radius 1 is 1.25 bits per heavy atom. The Hall–Kier alpha value is -2.33. The van der Waals surface area contributed by atoms with Crippen molar-refractivity contribution in [1.29, 1.82) is 0 Å². The van der Waals surface area contributed by atoms with Crippen LogP contribution in [-0.2, 0) is 0 Å². The smallest absolute Gasteiger partial charge is 0.276 e. The lowest BCUT2D eigenvalue weighted by molar-refractivity contribution is 0.0707. The number of hydrogen-bond donors (Lipinski definition) is 3. The van der Waals surface area contributed by atoms with Crippen LogP contribution >= 0.6 is 22.6 Å². The molecule has 0 spiro atoms. The zero-order valence-electron chi connectivity index (χ0n) is 12.5. The van der Waals surface area contributed by atoms with E-state index in [4.69, 9.17) is 5.21 Å². The van der Waals surface area contributed by atoms with Crippen LogP contribution in [0, 0.1) is 16.3 Å². The first-order valence-corrected chi connectivity index (χ1v) is 8.00. The third-order valence-electron chi connectivity index (χ3n) is 3.50. The Kier molecular flexibility index (Phi) is 4.58. The van der Waals surface area contributed by atoms with Crippen LogP contribution in [0.1, 0.15) is 15.9 Å². The molecular weight excluding hydrogens is 426 g/mol. The predicted molar refractivity (Wildman–Crippen MR) is 95.9 cm³/mol. The molecule has 3 N–H and O–H groups in total. The van der Waals surface area contributed by atoms with Crippen molar-refractivity contribution in [2.45, 2.75) is 6.92 Å². The molecule has 0 saturated carbocycles. The van der Waals surface area contributed by atoms with Crippen LogP contribution in [0.2, 0.25) is 0 Å². The van der Waals surface area contributed by atoms with Gasteiger partial charge in [-0.05, 0) is 59.3 Å². The molecule has 0 atom stereocenters. The number of carbonyl (C=O) groups is 1. The van der Waals surface area contributed by atoms with Crippen molar-refractivity contribution < 1.29 is 14.4 Å². The SMILES string of the molecule is Cc1cc(I)ccc1Nc1c(C(=O)NO)cc2nccnc2c1F. The van der Waals surface area contributed by atoms with Crippen molar-refractivity contribution in [3.05, 3.63) is 57.2 Å². The fraction of sp³-hybridized carbons (Fsp3) is 0.0625. The largest absolute Gasteiger partial charge is 0.352 e. The van der Waals surface area contributed by atoms with Gasteiger partial charge in [-0.2, -0.15) is 0 Å². The molecule has 3 aromatic rings. The molecule has 24 heavy (non-hydrogen) atoms. The monoisotopic (exact) mass is 438 g/mol. The van der Waals surface area contributed by atoms with Crippen molar-refractivity contribution in [2.75, 3.05) is 5.32 Å². The van der Waals surface area contributed by atoms with Crippen LogP contribution in [0.5, 0.6) is 0 Å². The summed E-state index contributed by atoms with van der Waals surface area (Å²) in [6, 6.07) is 6.95. The maximum absolute atomic E-state index is 14.9. The molecule has 0 aliphatic heterocycles. The van der Waals surface area contributed by atoms with Crippen LogP contribution < -0.4 is 10.8 Å². The molecule has 6 nitrogen and oxygen atoms in total. The number of nitrogens with zero attached hydrogens (tertiary/aromatic N) is 2. The van der Waals surface area contributed by atoms with Gasteiger partial charge in [0.15, 0.2) is 5.82 Å². The first-order valence-electron chi connectivity index (χ1n) is 6.92. The number of benzene rings is 2. The predicted octanol–water partition coefficient (Wildman–Crippen LogP) is 3.54. The molecule has 3 rings (SSSR count). The fourth-order valence-electron chi connectivity index (χ4n) is 2.33. The number of anilines is 2. The van der Waals surface area contributed by atoms with Crippen LogP contribution in [-0.4, -0.2) is 21.1 Å². The average Bonchev–Trinajstić information content (AvgIpc) is 2.58. The number of halogens is 2. The quantitative estimate of drug-likeness (QED) is 0.331. The number of rotatable bonds is 3. The number of aromatic nitrogens is 2. The van der Waals surface area contributed by atoms with E-state index in [2.05, 4.69) is 37.9 Å². The van der Waals surface area contributed by atoms with Crippen molar-refractivity contribution in [1.82, 2.24) is 15.4 Å². The third-order valence-corrected chi connectivity index (χ3v) is 4.17. The molecule has 0 bridgehead atoms. The summed E-state index contributed by atoms with van der Waals surface area (Å²) in [5.74, 6) is -1.55. The van der Waals surface area contributed by atoms with E-state index in [0.29, 0.717) is 5.69 Å². The molecule has 8 heteroatoms. The van der Waals surface area contributed by atoms with E-state index in [1.165, 1.54) is 23.9 Å². The second kappa shape index (κ2) is 6.65. The summed E-state index contributed by atoms with van der Waals surface area (Å²) in [6.45, 7) is 1.87. The highest BCUT2D eigenvalue weighted by Gasteiger charge is 2.20. The second-order valence-electron chi connectivity index (χ2n) is 5.06.